The molecule has 142 valence electrons. The highest BCUT2D eigenvalue weighted by atomic mass is 16.1. The minimum atomic E-state index is -0.0437. The Morgan fingerprint density at radius 1 is 1.04 bits per heavy atom. The van der Waals surface area contributed by atoms with Gasteiger partial charge in [-0.2, -0.15) is 0 Å². The zero-order valence-electron chi connectivity index (χ0n) is 16.1. The Morgan fingerprint density at radius 3 is 2.37 bits per heavy atom. The summed E-state index contributed by atoms with van der Waals surface area (Å²) in [5.41, 5.74) is 1.79. The molecule has 0 aliphatic carbocycles. The van der Waals surface area contributed by atoms with Gasteiger partial charge in [0.15, 0.2) is 11.6 Å². The van der Waals surface area contributed by atoms with Crippen molar-refractivity contribution < 1.29 is 9.59 Å². The lowest BCUT2D eigenvalue weighted by Gasteiger charge is -2.16. The highest BCUT2D eigenvalue weighted by molar-refractivity contribution is 5.98. The first-order valence-corrected chi connectivity index (χ1v) is 9.76. The van der Waals surface area contributed by atoms with E-state index in [-0.39, 0.29) is 17.5 Å². The van der Waals surface area contributed by atoms with Crippen molar-refractivity contribution in [3.63, 3.8) is 0 Å². The first-order valence-electron chi connectivity index (χ1n) is 9.76. The molecule has 27 heavy (non-hydrogen) atoms. The van der Waals surface area contributed by atoms with Crippen molar-refractivity contribution in [3.05, 3.63) is 53.5 Å². The normalized spacial score (nSPS) is 14.0. The lowest BCUT2D eigenvalue weighted by Crippen LogP contribution is -2.18. The van der Waals surface area contributed by atoms with Crippen LogP contribution in [-0.4, -0.2) is 34.6 Å². The van der Waals surface area contributed by atoms with Crippen LogP contribution in [0.25, 0.3) is 0 Å². The van der Waals surface area contributed by atoms with Crippen molar-refractivity contribution >= 4 is 17.4 Å². The van der Waals surface area contributed by atoms with Crippen LogP contribution in [0.2, 0.25) is 0 Å². The molecule has 0 spiro atoms. The quantitative estimate of drug-likeness (QED) is 0.659. The summed E-state index contributed by atoms with van der Waals surface area (Å²) < 4.78 is 0. The van der Waals surface area contributed by atoms with Crippen LogP contribution < -0.4 is 4.90 Å². The molecule has 1 saturated heterocycles. The number of pyridine rings is 2. The van der Waals surface area contributed by atoms with Crippen molar-refractivity contribution in [2.75, 3.05) is 18.0 Å². The van der Waals surface area contributed by atoms with Gasteiger partial charge in [-0.15, -0.1) is 0 Å². The number of aryl methyl sites for hydroxylation is 1. The van der Waals surface area contributed by atoms with Gasteiger partial charge in [0, 0.05) is 32.1 Å². The van der Waals surface area contributed by atoms with E-state index in [1.54, 1.807) is 18.2 Å². The molecule has 1 aliphatic rings. The molecule has 3 rings (SSSR count). The fraction of sp³-hybridized carbons (Fsp3) is 0.455. The third-order valence-electron chi connectivity index (χ3n) is 4.79. The maximum Gasteiger partial charge on any atom is 0.181 e. The maximum atomic E-state index is 12.5. The average Bonchev–Trinajstić information content (AvgIpc) is 3.21. The Morgan fingerprint density at radius 2 is 1.74 bits per heavy atom. The van der Waals surface area contributed by atoms with Gasteiger partial charge >= 0.3 is 0 Å². The number of rotatable bonds is 8. The maximum absolute atomic E-state index is 12.5. The molecule has 5 nitrogen and oxygen atoms in total. The Kier molecular flexibility index (Phi) is 6.32. The average molecular weight is 365 g/mol. The number of ketones is 2. The molecule has 0 amide bonds. The SMILES string of the molecule is CC(C)CC(=O)c1cccc(C(=O)CCc2ccc(N3CCCC3)nc2)n1. The number of hydrogen-bond acceptors (Lipinski definition) is 5. The number of aromatic nitrogens is 2. The van der Waals surface area contributed by atoms with Crippen molar-refractivity contribution in [1.82, 2.24) is 9.97 Å². The standard InChI is InChI=1S/C22H27N3O2/c1-16(2)14-21(27)19-7-5-6-18(24-19)20(26)10-8-17-9-11-22(23-15-17)25-12-3-4-13-25/h5-7,9,11,15-16H,3-4,8,10,12-14H2,1-2H3. The highest BCUT2D eigenvalue weighted by Crippen LogP contribution is 2.18. The van der Waals surface area contributed by atoms with Gasteiger partial charge in [-0.1, -0.05) is 26.0 Å². The molecular formula is C22H27N3O2. The van der Waals surface area contributed by atoms with E-state index in [1.165, 1.54) is 12.8 Å². The first-order chi connectivity index (χ1) is 13.0. The van der Waals surface area contributed by atoms with Crippen molar-refractivity contribution in [2.45, 2.75) is 46.0 Å². The second kappa shape index (κ2) is 8.89. The summed E-state index contributed by atoms with van der Waals surface area (Å²) in [4.78, 5) is 35.8. The molecule has 0 aromatic carbocycles. The minimum Gasteiger partial charge on any atom is -0.357 e. The molecule has 0 N–H and O–H groups in total. The third-order valence-corrected chi connectivity index (χ3v) is 4.79. The molecule has 0 saturated carbocycles. The van der Waals surface area contributed by atoms with Crippen LogP contribution in [0.5, 0.6) is 0 Å². The van der Waals surface area contributed by atoms with Gasteiger partial charge < -0.3 is 4.90 Å². The largest absolute Gasteiger partial charge is 0.357 e. The van der Waals surface area contributed by atoms with Gasteiger partial charge in [0.25, 0.3) is 0 Å². The van der Waals surface area contributed by atoms with Gasteiger partial charge in [0.1, 0.15) is 17.2 Å². The number of hydrogen-bond donors (Lipinski definition) is 0. The van der Waals surface area contributed by atoms with E-state index < -0.39 is 0 Å². The number of carbonyl (C=O) groups is 2. The van der Waals surface area contributed by atoms with Crippen molar-refractivity contribution in [2.24, 2.45) is 5.92 Å². The first kappa shape index (κ1) is 19.2. The summed E-state index contributed by atoms with van der Waals surface area (Å²) in [6.45, 7) is 6.14. The molecule has 1 fully saturated rings. The Bertz CT molecular complexity index is 793. The smallest absolute Gasteiger partial charge is 0.181 e. The van der Waals surface area contributed by atoms with Gasteiger partial charge in [-0.3, -0.25) is 9.59 Å². The molecule has 0 radical (unpaired) electrons. The summed E-state index contributed by atoms with van der Waals surface area (Å²) in [7, 11) is 0. The Labute approximate surface area is 160 Å². The van der Waals surface area contributed by atoms with E-state index in [0.717, 1.165) is 24.5 Å². The van der Waals surface area contributed by atoms with Crippen LogP contribution in [0.15, 0.2) is 36.5 Å². The topological polar surface area (TPSA) is 63.2 Å². The Balaban J connectivity index is 1.58. The molecule has 2 aromatic heterocycles. The highest BCUT2D eigenvalue weighted by Gasteiger charge is 2.15. The van der Waals surface area contributed by atoms with Crippen LogP contribution in [0.3, 0.4) is 0 Å². The molecule has 5 heteroatoms. The molecule has 0 bridgehead atoms. The minimum absolute atomic E-state index is 0.0126. The summed E-state index contributed by atoms with van der Waals surface area (Å²) in [5, 5.41) is 0. The molecule has 2 aromatic rings. The second-order valence-corrected chi connectivity index (χ2v) is 7.57. The van der Waals surface area contributed by atoms with Crippen LogP contribution >= 0.6 is 0 Å². The van der Waals surface area contributed by atoms with Crippen LogP contribution in [0.4, 0.5) is 5.82 Å². The van der Waals surface area contributed by atoms with E-state index in [2.05, 4.69) is 14.9 Å². The van der Waals surface area contributed by atoms with Crippen LogP contribution in [-0.2, 0) is 6.42 Å². The molecule has 0 atom stereocenters. The fourth-order valence-electron chi connectivity index (χ4n) is 3.30. The van der Waals surface area contributed by atoms with E-state index in [0.29, 0.717) is 30.7 Å². The lowest BCUT2D eigenvalue weighted by molar-refractivity contribution is 0.0962. The van der Waals surface area contributed by atoms with Crippen LogP contribution in [0.1, 0.15) is 66.1 Å². The monoisotopic (exact) mass is 365 g/mol. The van der Waals surface area contributed by atoms with Crippen molar-refractivity contribution in [1.29, 1.82) is 0 Å². The summed E-state index contributed by atoms with van der Waals surface area (Å²) >= 11 is 0. The summed E-state index contributed by atoms with van der Waals surface area (Å²) in [6, 6.07) is 9.18. The molecule has 3 heterocycles. The predicted molar refractivity (Wildman–Crippen MR) is 106 cm³/mol. The predicted octanol–water partition coefficient (Wildman–Crippen LogP) is 4.12. The second-order valence-electron chi connectivity index (χ2n) is 7.57. The number of anilines is 1. The van der Waals surface area contributed by atoms with E-state index >= 15 is 0 Å². The molecule has 1 aliphatic heterocycles. The van der Waals surface area contributed by atoms with E-state index in [1.807, 2.05) is 32.2 Å². The summed E-state index contributed by atoms with van der Waals surface area (Å²) in [5.74, 6) is 1.23. The lowest BCUT2D eigenvalue weighted by atomic mass is 10.0. The molecule has 0 unspecified atom stereocenters. The van der Waals surface area contributed by atoms with Gasteiger partial charge in [-0.25, -0.2) is 9.97 Å². The number of carbonyl (C=O) groups excluding carboxylic acids is 2. The van der Waals surface area contributed by atoms with Gasteiger partial charge in [0.05, 0.1) is 0 Å². The molecular weight excluding hydrogens is 338 g/mol. The zero-order chi connectivity index (χ0) is 19.2. The Hall–Kier alpha value is -2.56. The van der Waals surface area contributed by atoms with Gasteiger partial charge in [-0.05, 0) is 48.9 Å². The summed E-state index contributed by atoms with van der Waals surface area (Å²) in [6.07, 6.45) is 5.74. The number of nitrogens with zero attached hydrogens (tertiary/aromatic N) is 3. The number of Topliss-reactive ketones (excluding diaryl/α,β-unsaturated/α-hetero) is 2. The zero-order valence-corrected chi connectivity index (χ0v) is 16.1. The fourth-order valence-corrected chi connectivity index (χ4v) is 3.30. The van der Waals surface area contributed by atoms with E-state index in [4.69, 9.17) is 0 Å². The van der Waals surface area contributed by atoms with Gasteiger partial charge in [0.2, 0.25) is 0 Å². The van der Waals surface area contributed by atoms with E-state index in [9.17, 15) is 9.59 Å². The van der Waals surface area contributed by atoms with Crippen molar-refractivity contribution in [3.8, 4) is 0 Å². The third kappa shape index (κ3) is 5.22. The van der Waals surface area contributed by atoms with Crippen LogP contribution in [0, 0.1) is 5.92 Å².